The van der Waals surface area contributed by atoms with Gasteiger partial charge in [-0.25, -0.2) is 9.67 Å². The van der Waals surface area contributed by atoms with Crippen molar-refractivity contribution in [2.45, 2.75) is 33.6 Å². The first kappa shape index (κ1) is 14.7. The number of amides is 1. The highest BCUT2D eigenvalue weighted by Crippen LogP contribution is 2.18. The average Bonchev–Trinajstić information content (AvgIpc) is 2.96. The van der Waals surface area contributed by atoms with E-state index in [0.717, 1.165) is 17.2 Å². The van der Waals surface area contributed by atoms with Crippen molar-refractivity contribution in [3.8, 4) is 5.13 Å². The van der Waals surface area contributed by atoms with Crippen LogP contribution in [0.25, 0.3) is 5.13 Å². The van der Waals surface area contributed by atoms with Gasteiger partial charge in [0.2, 0.25) is 11.0 Å². The Morgan fingerprint density at radius 2 is 2.25 bits per heavy atom. The van der Waals surface area contributed by atoms with E-state index in [1.54, 1.807) is 22.2 Å². The number of hydrogen-bond donors (Lipinski definition) is 1. The van der Waals surface area contributed by atoms with Gasteiger partial charge in [-0.15, -0.1) is 11.3 Å². The number of carbonyl (C=O) groups excluding carboxylic acids is 1. The van der Waals surface area contributed by atoms with Gasteiger partial charge in [0.1, 0.15) is 0 Å². The number of nitrogens with one attached hydrogen (secondary N) is 1. The lowest BCUT2D eigenvalue weighted by molar-refractivity contribution is -0.122. The van der Waals surface area contributed by atoms with Crippen molar-refractivity contribution in [3.63, 3.8) is 0 Å². The Kier molecular flexibility index (Phi) is 4.54. The van der Waals surface area contributed by atoms with Crippen LogP contribution in [0.2, 0.25) is 0 Å². The summed E-state index contributed by atoms with van der Waals surface area (Å²) >= 11 is 1.55. The molecule has 0 bridgehead atoms. The smallest absolute Gasteiger partial charge is 0.220 e. The van der Waals surface area contributed by atoms with E-state index < -0.39 is 0 Å². The van der Waals surface area contributed by atoms with Crippen LogP contribution in [-0.4, -0.2) is 27.2 Å². The van der Waals surface area contributed by atoms with Crippen LogP contribution in [0.5, 0.6) is 0 Å². The van der Waals surface area contributed by atoms with Gasteiger partial charge in [0.25, 0.3) is 0 Å². The highest BCUT2D eigenvalue weighted by atomic mass is 32.1. The molecule has 0 saturated carbocycles. The summed E-state index contributed by atoms with van der Waals surface area (Å²) in [5, 5.41) is 9.94. The summed E-state index contributed by atoms with van der Waals surface area (Å²) in [7, 11) is 0. The molecule has 0 aliphatic carbocycles. The fraction of sp³-hybridized carbons (Fsp3) is 0.500. The third-order valence-electron chi connectivity index (χ3n) is 2.63. The van der Waals surface area contributed by atoms with Gasteiger partial charge in [-0.2, -0.15) is 5.10 Å². The zero-order chi connectivity index (χ0) is 14.6. The molecule has 1 amide bonds. The molecule has 0 fully saturated rings. The van der Waals surface area contributed by atoms with Gasteiger partial charge < -0.3 is 5.32 Å². The summed E-state index contributed by atoms with van der Waals surface area (Å²) in [6, 6.07) is 1.87. The van der Waals surface area contributed by atoms with E-state index >= 15 is 0 Å². The first-order valence-corrected chi connectivity index (χ1v) is 7.53. The van der Waals surface area contributed by atoms with E-state index in [2.05, 4.69) is 36.2 Å². The molecule has 20 heavy (non-hydrogen) atoms. The van der Waals surface area contributed by atoms with Crippen LogP contribution >= 0.6 is 11.3 Å². The molecule has 0 radical (unpaired) electrons. The minimum absolute atomic E-state index is 0.0258. The summed E-state index contributed by atoms with van der Waals surface area (Å²) < 4.78 is 1.74. The number of nitrogens with zero attached hydrogens (tertiary/aromatic N) is 3. The second kappa shape index (κ2) is 6.17. The quantitative estimate of drug-likeness (QED) is 0.920. The molecule has 1 N–H and O–H groups in total. The molecule has 108 valence electrons. The summed E-state index contributed by atoms with van der Waals surface area (Å²) in [5.74, 6) is 0.0972. The van der Waals surface area contributed by atoms with Gasteiger partial charge in [-0.1, -0.05) is 20.8 Å². The fourth-order valence-corrected chi connectivity index (χ4v) is 2.57. The van der Waals surface area contributed by atoms with Crippen LogP contribution in [-0.2, 0) is 11.2 Å². The third kappa shape index (κ3) is 4.45. The van der Waals surface area contributed by atoms with Crippen molar-refractivity contribution in [1.82, 2.24) is 20.1 Å². The molecule has 2 rings (SSSR count). The van der Waals surface area contributed by atoms with E-state index in [1.165, 1.54) is 0 Å². The molecular weight excluding hydrogens is 272 g/mol. The summed E-state index contributed by atoms with van der Waals surface area (Å²) in [5.41, 5.74) is 1.01. The highest BCUT2D eigenvalue weighted by molar-refractivity contribution is 7.12. The molecule has 2 aromatic rings. The molecule has 0 aromatic carbocycles. The van der Waals surface area contributed by atoms with Gasteiger partial charge in [-0.3, -0.25) is 4.79 Å². The standard InChI is InChI=1S/C14H20N4OS/c1-14(2,3)9-12(19)15-7-5-11-10-20-13(17-11)18-8-4-6-16-18/h4,6,8,10H,5,7,9H2,1-3H3,(H,15,19). The SMILES string of the molecule is CC(C)(C)CC(=O)NCCc1csc(-n2cccn2)n1. The Bertz CT molecular complexity index is 554. The molecule has 5 nitrogen and oxygen atoms in total. The zero-order valence-electron chi connectivity index (χ0n) is 12.1. The number of rotatable bonds is 5. The Morgan fingerprint density at radius 3 is 2.90 bits per heavy atom. The van der Waals surface area contributed by atoms with Crippen LogP contribution in [0, 0.1) is 5.41 Å². The predicted molar refractivity (Wildman–Crippen MR) is 80.0 cm³/mol. The molecule has 0 saturated heterocycles. The fourth-order valence-electron chi connectivity index (χ4n) is 1.77. The lowest BCUT2D eigenvalue weighted by atomic mass is 9.92. The number of aromatic nitrogens is 3. The number of carbonyl (C=O) groups is 1. The lowest BCUT2D eigenvalue weighted by Gasteiger charge is -2.17. The van der Waals surface area contributed by atoms with Crippen molar-refractivity contribution in [3.05, 3.63) is 29.5 Å². The summed E-state index contributed by atoms with van der Waals surface area (Å²) in [6.07, 6.45) is 4.89. The number of thiazole rings is 1. The van der Waals surface area contributed by atoms with Crippen molar-refractivity contribution in [1.29, 1.82) is 0 Å². The highest BCUT2D eigenvalue weighted by Gasteiger charge is 2.15. The lowest BCUT2D eigenvalue weighted by Crippen LogP contribution is -2.29. The Hall–Kier alpha value is -1.69. The molecule has 0 aliphatic rings. The Balaban J connectivity index is 1.79. The molecule has 0 unspecified atom stereocenters. The minimum Gasteiger partial charge on any atom is -0.356 e. The number of hydrogen-bond acceptors (Lipinski definition) is 4. The van der Waals surface area contributed by atoms with E-state index in [1.807, 2.05) is 17.6 Å². The second-order valence-electron chi connectivity index (χ2n) is 5.91. The molecular formula is C14H20N4OS. The largest absolute Gasteiger partial charge is 0.356 e. The van der Waals surface area contributed by atoms with Crippen LogP contribution in [0.15, 0.2) is 23.8 Å². The second-order valence-corrected chi connectivity index (χ2v) is 6.75. The zero-order valence-corrected chi connectivity index (χ0v) is 12.9. The van der Waals surface area contributed by atoms with E-state index in [0.29, 0.717) is 13.0 Å². The Morgan fingerprint density at radius 1 is 1.45 bits per heavy atom. The van der Waals surface area contributed by atoms with Crippen molar-refractivity contribution in [2.24, 2.45) is 5.41 Å². The van der Waals surface area contributed by atoms with E-state index in [9.17, 15) is 4.79 Å². The maximum absolute atomic E-state index is 11.7. The van der Waals surface area contributed by atoms with Crippen LogP contribution in [0.4, 0.5) is 0 Å². The van der Waals surface area contributed by atoms with E-state index in [-0.39, 0.29) is 11.3 Å². The molecule has 2 aromatic heterocycles. The maximum atomic E-state index is 11.7. The normalized spacial score (nSPS) is 11.6. The van der Waals surface area contributed by atoms with E-state index in [4.69, 9.17) is 0 Å². The minimum atomic E-state index is 0.0258. The van der Waals surface area contributed by atoms with Crippen LogP contribution in [0.3, 0.4) is 0 Å². The maximum Gasteiger partial charge on any atom is 0.220 e. The molecule has 2 heterocycles. The van der Waals surface area contributed by atoms with Gasteiger partial charge in [0.15, 0.2) is 0 Å². The molecule has 0 atom stereocenters. The van der Waals surface area contributed by atoms with Crippen molar-refractivity contribution < 1.29 is 4.79 Å². The van der Waals surface area contributed by atoms with Gasteiger partial charge >= 0.3 is 0 Å². The summed E-state index contributed by atoms with van der Waals surface area (Å²) in [6.45, 7) is 6.80. The molecule has 0 aliphatic heterocycles. The Labute approximate surface area is 123 Å². The first-order chi connectivity index (χ1) is 9.44. The van der Waals surface area contributed by atoms with Crippen LogP contribution < -0.4 is 5.32 Å². The monoisotopic (exact) mass is 292 g/mol. The third-order valence-corrected chi connectivity index (χ3v) is 3.51. The van der Waals surface area contributed by atoms with Gasteiger partial charge in [0, 0.05) is 37.2 Å². The topological polar surface area (TPSA) is 59.8 Å². The van der Waals surface area contributed by atoms with Crippen molar-refractivity contribution in [2.75, 3.05) is 6.54 Å². The summed E-state index contributed by atoms with van der Waals surface area (Å²) in [4.78, 5) is 16.2. The van der Waals surface area contributed by atoms with Crippen LogP contribution in [0.1, 0.15) is 32.9 Å². The van der Waals surface area contributed by atoms with Gasteiger partial charge in [-0.05, 0) is 11.5 Å². The molecule has 6 heteroatoms. The average molecular weight is 292 g/mol. The van der Waals surface area contributed by atoms with Crippen molar-refractivity contribution >= 4 is 17.2 Å². The van der Waals surface area contributed by atoms with Gasteiger partial charge in [0.05, 0.1) is 5.69 Å². The predicted octanol–water partition coefficient (Wildman–Crippen LogP) is 2.42. The first-order valence-electron chi connectivity index (χ1n) is 6.65. The molecule has 0 spiro atoms.